The molecule has 1 aromatic carbocycles. The van der Waals surface area contributed by atoms with Crippen molar-refractivity contribution in [2.45, 2.75) is 6.92 Å². The molecule has 0 heterocycles. The van der Waals surface area contributed by atoms with Crippen molar-refractivity contribution in [2.75, 3.05) is 12.4 Å². The molecule has 1 amide bonds. The molecule has 0 saturated heterocycles. The molecule has 0 bridgehead atoms. The summed E-state index contributed by atoms with van der Waals surface area (Å²) >= 11 is 5.69. The first-order valence-corrected chi connectivity index (χ1v) is 4.23. The van der Waals surface area contributed by atoms with Crippen molar-refractivity contribution >= 4 is 23.4 Å². The standard InChI is InChI=1S/C9H9ClFNO2/c1-5-3-4-6(10)8(7(5)11)12-9(13)14-2/h3-4H,1-2H3,(H,12,13). The zero-order valence-corrected chi connectivity index (χ0v) is 8.48. The van der Waals surface area contributed by atoms with Crippen LogP contribution in [0.15, 0.2) is 12.1 Å². The van der Waals surface area contributed by atoms with Crippen LogP contribution in [0, 0.1) is 12.7 Å². The van der Waals surface area contributed by atoms with Crippen molar-refractivity contribution in [1.29, 1.82) is 0 Å². The largest absolute Gasteiger partial charge is 0.453 e. The smallest absolute Gasteiger partial charge is 0.411 e. The number of benzene rings is 1. The van der Waals surface area contributed by atoms with E-state index in [1.165, 1.54) is 19.2 Å². The lowest BCUT2D eigenvalue weighted by molar-refractivity contribution is 0.187. The van der Waals surface area contributed by atoms with Crippen LogP contribution in [0.3, 0.4) is 0 Å². The maximum atomic E-state index is 13.4. The summed E-state index contributed by atoms with van der Waals surface area (Å²) in [5, 5.41) is 2.34. The molecule has 0 atom stereocenters. The number of anilines is 1. The zero-order valence-electron chi connectivity index (χ0n) is 7.73. The molecule has 1 N–H and O–H groups in total. The molecule has 0 unspecified atom stereocenters. The van der Waals surface area contributed by atoms with E-state index in [0.717, 1.165) is 0 Å². The second-order valence-electron chi connectivity index (χ2n) is 2.67. The molecule has 14 heavy (non-hydrogen) atoms. The highest BCUT2D eigenvalue weighted by Gasteiger charge is 2.12. The van der Waals surface area contributed by atoms with Gasteiger partial charge in [-0.15, -0.1) is 0 Å². The van der Waals surface area contributed by atoms with Crippen molar-refractivity contribution < 1.29 is 13.9 Å². The van der Waals surface area contributed by atoms with Crippen LogP contribution in [-0.4, -0.2) is 13.2 Å². The third-order valence-corrected chi connectivity index (χ3v) is 2.01. The highest BCUT2D eigenvalue weighted by atomic mass is 35.5. The first-order chi connectivity index (χ1) is 6.56. The van der Waals surface area contributed by atoms with E-state index in [1.807, 2.05) is 0 Å². The number of aryl methyl sites for hydroxylation is 1. The van der Waals surface area contributed by atoms with Gasteiger partial charge in [0.15, 0.2) is 5.82 Å². The summed E-state index contributed by atoms with van der Waals surface area (Å²) in [4.78, 5) is 10.8. The van der Waals surface area contributed by atoms with Gasteiger partial charge in [-0.25, -0.2) is 9.18 Å². The Kier molecular flexibility index (Phi) is 3.30. The van der Waals surface area contributed by atoms with E-state index < -0.39 is 11.9 Å². The Hall–Kier alpha value is -1.29. The molecule has 5 heteroatoms. The van der Waals surface area contributed by atoms with Crippen LogP contribution < -0.4 is 5.32 Å². The van der Waals surface area contributed by atoms with Gasteiger partial charge in [0.25, 0.3) is 0 Å². The number of hydrogen-bond acceptors (Lipinski definition) is 2. The van der Waals surface area contributed by atoms with Gasteiger partial charge < -0.3 is 4.74 Å². The number of ether oxygens (including phenoxy) is 1. The van der Waals surface area contributed by atoms with Crippen LogP contribution in [0.5, 0.6) is 0 Å². The normalized spacial score (nSPS) is 9.71. The topological polar surface area (TPSA) is 38.3 Å². The quantitative estimate of drug-likeness (QED) is 0.786. The molecule has 3 nitrogen and oxygen atoms in total. The molecule has 0 aromatic heterocycles. The third-order valence-electron chi connectivity index (χ3n) is 1.70. The van der Waals surface area contributed by atoms with Gasteiger partial charge in [0.2, 0.25) is 0 Å². The Morgan fingerprint density at radius 1 is 1.57 bits per heavy atom. The molecule has 76 valence electrons. The molecule has 0 spiro atoms. The highest BCUT2D eigenvalue weighted by Crippen LogP contribution is 2.27. The Labute approximate surface area is 85.8 Å². The molecule has 0 aliphatic heterocycles. The number of hydrogen-bond donors (Lipinski definition) is 1. The second kappa shape index (κ2) is 4.28. The minimum atomic E-state index is -0.753. The maximum absolute atomic E-state index is 13.4. The Morgan fingerprint density at radius 2 is 2.21 bits per heavy atom. The van der Waals surface area contributed by atoms with Gasteiger partial charge in [0, 0.05) is 0 Å². The molecule has 0 aliphatic rings. The number of halogens is 2. The predicted octanol–water partition coefficient (Wildman–Crippen LogP) is 2.97. The van der Waals surface area contributed by atoms with Gasteiger partial charge in [-0.05, 0) is 18.6 Å². The molecule has 1 aromatic rings. The number of nitrogens with one attached hydrogen (secondary N) is 1. The summed E-state index contributed by atoms with van der Waals surface area (Å²) in [6, 6.07) is 3.03. The lowest BCUT2D eigenvalue weighted by Crippen LogP contribution is -2.13. The first kappa shape index (κ1) is 10.8. The van der Waals surface area contributed by atoms with E-state index in [1.54, 1.807) is 6.92 Å². The Bertz CT molecular complexity index is 368. The van der Waals surface area contributed by atoms with Crippen LogP contribution in [0.4, 0.5) is 14.9 Å². The van der Waals surface area contributed by atoms with Crippen molar-refractivity contribution in [1.82, 2.24) is 0 Å². The van der Waals surface area contributed by atoms with Gasteiger partial charge in [-0.3, -0.25) is 5.32 Å². The van der Waals surface area contributed by atoms with Crippen molar-refractivity contribution in [3.05, 3.63) is 28.5 Å². The molecule has 0 radical (unpaired) electrons. The van der Waals surface area contributed by atoms with Crippen molar-refractivity contribution in [3.8, 4) is 0 Å². The Morgan fingerprint density at radius 3 is 2.79 bits per heavy atom. The summed E-state index contributed by atoms with van der Waals surface area (Å²) in [7, 11) is 1.19. The summed E-state index contributed by atoms with van der Waals surface area (Å²) in [5.41, 5.74) is 0.347. The number of carbonyl (C=O) groups is 1. The minimum absolute atomic E-state index is 0.0569. The van der Waals surface area contributed by atoms with E-state index in [2.05, 4.69) is 10.1 Å². The summed E-state index contributed by atoms with van der Waals surface area (Å²) < 4.78 is 17.7. The van der Waals surface area contributed by atoms with E-state index in [-0.39, 0.29) is 10.7 Å². The number of methoxy groups -OCH3 is 1. The summed E-state index contributed by atoms with van der Waals surface area (Å²) in [6.45, 7) is 1.58. The fraction of sp³-hybridized carbons (Fsp3) is 0.222. The molecule has 0 saturated carbocycles. The number of rotatable bonds is 1. The van der Waals surface area contributed by atoms with E-state index in [4.69, 9.17) is 11.6 Å². The fourth-order valence-corrected chi connectivity index (χ4v) is 1.12. The van der Waals surface area contributed by atoms with Gasteiger partial charge in [0.05, 0.1) is 17.8 Å². The summed E-state index contributed by atoms with van der Waals surface area (Å²) in [6.07, 6.45) is -0.753. The van der Waals surface area contributed by atoms with Crippen molar-refractivity contribution in [3.63, 3.8) is 0 Å². The molecule has 0 fully saturated rings. The van der Waals surface area contributed by atoms with Gasteiger partial charge >= 0.3 is 6.09 Å². The average molecular weight is 218 g/mol. The molecular formula is C9H9ClFNO2. The van der Waals surface area contributed by atoms with E-state index >= 15 is 0 Å². The van der Waals surface area contributed by atoms with Gasteiger partial charge in [-0.2, -0.15) is 0 Å². The van der Waals surface area contributed by atoms with Gasteiger partial charge in [0.1, 0.15) is 0 Å². The van der Waals surface area contributed by atoms with Crippen LogP contribution in [0.2, 0.25) is 5.02 Å². The van der Waals surface area contributed by atoms with Crippen molar-refractivity contribution in [2.24, 2.45) is 0 Å². The summed E-state index contributed by atoms with van der Waals surface area (Å²) in [5.74, 6) is -0.553. The van der Waals surface area contributed by atoms with Gasteiger partial charge in [-0.1, -0.05) is 17.7 Å². The minimum Gasteiger partial charge on any atom is -0.453 e. The lowest BCUT2D eigenvalue weighted by Gasteiger charge is -2.08. The SMILES string of the molecule is COC(=O)Nc1c(Cl)ccc(C)c1F. The average Bonchev–Trinajstić information content (AvgIpc) is 2.18. The zero-order chi connectivity index (χ0) is 10.7. The second-order valence-corrected chi connectivity index (χ2v) is 3.08. The van der Waals surface area contributed by atoms with E-state index in [9.17, 15) is 9.18 Å². The third kappa shape index (κ3) is 2.14. The van der Waals surface area contributed by atoms with Crippen LogP contribution in [0.1, 0.15) is 5.56 Å². The number of carbonyl (C=O) groups excluding carboxylic acids is 1. The van der Waals surface area contributed by atoms with Crippen LogP contribution >= 0.6 is 11.6 Å². The van der Waals surface area contributed by atoms with Crippen LogP contribution in [0.25, 0.3) is 0 Å². The fourth-order valence-electron chi connectivity index (χ4n) is 0.924. The Balaban J connectivity index is 3.06. The monoisotopic (exact) mass is 217 g/mol. The molecule has 0 aliphatic carbocycles. The molecule has 1 rings (SSSR count). The molecular weight excluding hydrogens is 209 g/mol. The lowest BCUT2D eigenvalue weighted by atomic mass is 10.2. The van der Waals surface area contributed by atoms with Crippen LogP contribution in [-0.2, 0) is 4.74 Å². The highest BCUT2D eigenvalue weighted by molar-refractivity contribution is 6.33. The predicted molar refractivity (Wildman–Crippen MR) is 52.2 cm³/mol. The first-order valence-electron chi connectivity index (χ1n) is 3.86. The maximum Gasteiger partial charge on any atom is 0.411 e. The van der Waals surface area contributed by atoms with E-state index in [0.29, 0.717) is 5.56 Å². The number of amides is 1.